The third-order valence-corrected chi connectivity index (χ3v) is 1.76. The van der Waals surface area contributed by atoms with Crippen molar-refractivity contribution >= 4 is 12.0 Å². The standard InChI is InChI=1S/C10H15N3O3/c1-3-15-9(11)5-8-7(6-12-13-8)10(14)16-4-2/h5-6H,3-4,11H2,1-2H3,(H,12,13). The Bertz CT molecular complexity index is 384. The summed E-state index contributed by atoms with van der Waals surface area (Å²) in [5.74, 6) is -0.218. The number of esters is 1. The van der Waals surface area contributed by atoms with Crippen LogP contribution in [0.15, 0.2) is 12.1 Å². The van der Waals surface area contributed by atoms with Gasteiger partial charge in [0.1, 0.15) is 5.56 Å². The molecule has 0 aliphatic carbocycles. The first-order chi connectivity index (χ1) is 7.69. The van der Waals surface area contributed by atoms with Gasteiger partial charge in [-0.05, 0) is 13.8 Å². The molecule has 1 rings (SSSR count). The fourth-order valence-corrected chi connectivity index (χ4v) is 1.13. The van der Waals surface area contributed by atoms with Gasteiger partial charge in [0.15, 0.2) is 5.88 Å². The van der Waals surface area contributed by atoms with Crippen LogP contribution in [0.25, 0.3) is 6.08 Å². The Labute approximate surface area is 93.4 Å². The lowest BCUT2D eigenvalue weighted by Crippen LogP contribution is -2.07. The molecule has 0 saturated heterocycles. The third kappa shape index (κ3) is 3.01. The molecule has 1 aromatic rings. The van der Waals surface area contributed by atoms with E-state index in [1.807, 2.05) is 6.92 Å². The monoisotopic (exact) mass is 225 g/mol. The minimum Gasteiger partial charge on any atom is -0.480 e. The van der Waals surface area contributed by atoms with Gasteiger partial charge in [0.25, 0.3) is 0 Å². The second-order valence-electron chi connectivity index (χ2n) is 2.90. The summed E-state index contributed by atoms with van der Waals surface area (Å²) in [6, 6.07) is 0. The third-order valence-electron chi connectivity index (χ3n) is 1.76. The van der Waals surface area contributed by atoms with Crippen LogP contribution in [-0.2, 0) is 9.47 Å². The van der Waals surface area contributed by atoms with Crippen LogP contribution in [0, 0.1) is 0 Å². The lowest BCUT2D eigenvalue weighted by atomic mass is 10.2. The maximum absolute atomic E-state index is 11.5. The molecule has 0 amide bonds. The maximum atomic E-state index is 11.5. The molecule has 0 bridgehead atoms. The van der Waals surface area contributed by atoms with Crippen molar-refractivity contribution in [1.82, 2.24) is 10.2 Å². The molecule has 6 nitrogen and oxygen atoms in total. The number of nitrogens with two attached hydrogens (primary N) is 1. The molecule has 0 fully saturated rings. The summed E-state index contributed by atoms with van der Waals surface area (Å²) >= 11 is 0. The summed E-state index contributed by atoms with van der Waals surface area (Å²) in [7, 11) is 0. The number of hydrogen-bond donors (Lipinski definition) is 2. The number of nitrogens with one attached hydrogen (secondary N) is 1. The van der Waals surface area contributed by atoms with E-state index in [9.17, 15) is 4.79 Å². The van der Waals surface area contributed by atoms with E-state index in [0.29, 0.717) is 24.5 Å². The molecule has 1 heterocycles. The molecular weight excluding hydrogens is 210 g/mol. The second kappa shape index (κ2) is 5.79. The Kier molecular flexibility index (Phi) is 4.38. The number of H-pyrrole nitrogens is 1. The second-order valence-corrected chi connectivity index (χ2v) is 2.90. The van der Waals surface area contributed by atoms with Gasteiger partial charge >= 0.3 is 5.97 Å². The van der Waals surface area contributed by atoms with Crippen LogP contribution < -0.4 is 5.73 Å². The minimum absolute atomic E-state index is 0.220. The first-order valence-corrected chi connectivity index (χ1v) is 4.99. The van der Waals surface area contributed by atoms with E-state index in [1.54, 1.807) is 6.92 Å². The van der Waals surface area contributed by atoms with Gasteiger partial charge in [0.2, 0.25) is 0 Å². The minimum atomic E-state index is -0.438. The molecule has 0 aliphatic rings. The smallest absolute Gasteiger partial charge is 0.341 e. The van der Waals surface area contributed by atoms with E-state index < -0.39 is 5.97 Å². The van der Waals surface area contributed by atoms with Gasteiger partial charge in [-0.2, -0.15) is 5.10 Å². The van der Waals surface area contributed by atoms with Gasteiger partial charge < -0.3 is 15.2 Å². The van der Waals surface area contributed by atoms with Crippen LogP contribution in [0.1, 0.15) is 29.9 Å². The van der Waals surface area contributed by atoms with E-state index in [1.165, 1.54) is 12.3 Å². The number of rotatable bonds is 5. The van der Waals surface area contributed by atoms with Gasteiger partial charge in [-0.15, -0.1) is 0 Å². The van der Waals surface area contributed by atoms with E-state index in [4.69, 9.17) is 15.2 Å². The topological polar surface area (TPSA) is 90.2 Å². The number of nitrogens with zero attached hydrogens (tertiary/aromatic N) is 1. The number of hydrogen-bond acceptors (Lipinski definition) is 5. The summed E-state index contributed by atoms with van der Waals surface area (Å²) < 4.78 is 9.91. The molecule has 3 N–H and O–H groups in total. The molecule has 0 radical (unpaired) electrons. The molecule has 0 unspecified atom stereocenters. The van der Waals surface area contributed by atoms with Crippen LogP contribution in [0.4, 0.5) is 0 Å². The Morgan fingerprint density at radius 2 is 2.19 bits per heavy atom. The molecule has 0 aromatic carbocycles. The van der Waals surface area contributed by atoms with Gasteiger partial charge in [-0.1, -0.05) is 0 Å². The highest BCUT2D eigenvalue weighted by atomic mass is 16.5. The van der Waals surface area contributed by atoms with Crippen molar-refractivity contribution in [2.75, 3.05) is 13.2 Å². The number of aromatic amines is 1. The van der Waals surface area contributed by atoms with Crippen molar-refractivity contribution in [3.63, 3.8) is 0 Å². The van der Waals surface area contributed by atoms with Crippen LogP contribution in [0.3, 0.4) is 0 Å². The van der Waals surface area contributed by atoms with Crippen molar-refractivity contribution in [2.45, 2.75) is 13.8 Å². The van der Waals surface area contributed by atoms with Crippen molar-refractivity contribution in [2.24, 2.45) is 5.73 Å². The quantitative estimate of drug-likeness (QED) is 0.573. The number of carbonyl (C=O) groups is 1. The highest BCUT2D eigenvalue weighted by molar-refractivity contribution is 5.92. The zero-order chi connectivity index (χ0) is 12.0. The predicted octanol–water partition coefficient (Wildman–Crippen LogP) is 0.880. The Hall–Kier alpha value is -1.98. The van der Waals surface area contributed by atoms with Crippen molar-refractivity contribution in [1.29, 1.82) is 0 Å². The number of aromatic nitrogens is 2. The lowest BCUT2D eigenvalue weighted by Gasteiger charge is -2.02. The van der Waals surface area contributed by atoms with Crippen LogP contribution in [0.5, 0.6) is 0 Å². The van der Waals surface area contributed by atoms with E-state index in [0.717, 1.165) is 0 Å². The molecule has 6 heteroatoms. The van der Waals surface area contributed by atoms with E-state index in [2.05, 4.69) is 10.2 Å². The average molecular weight is 225 g/mol. The van der Waals surface area contributed by atoms with Crippen molar-refractivity contribution in [3.8, 4) is 0 Å². The fourth-order valence-electron chi connectivity index (χ4n) is 1.13. The molecular formula is C10H15N3O3. The fraction of sp³-hybridized carbons (Fsp3) is 0.400. The predicted molar refractivity (Wildman–Crippen MR) is 58.3 cm³/mol. The number of ether oxygens (including phenoxy) is 2. The van der Waals surface area contributed by atoms with Crippen LogP contribution >= 0.6 is 0 Å². The highest BCUT2D eigenvalue weighted by Crippen LogP contribution is 2.10. The van der Waals surface area contributed by atoms with Gasteiger partial charge in [-0.3, -0.25) is 5.10 Å². The van der Waals surface area contributed by atoms with Crippen LogP contribution in [-0.4, -0.2) is 29.4 Å². The van der Waals surface area contributed by atoms with Gasteiger partial charge in [-0.25, -0.2) is 4.79 Å². The van der Waals surface area contributed by atoms with E-state index in [-0.39, 0.29) is 5.88 Å². The maximum Gasteiger partial charge on any atom is 0.341 e. The molecule has 88 valence electrons. The first-order valence-electron chi connectivity index (χ1n) is 4.99. The Morgan fingerprint density at radius 1 is 1.50 bits per heavy atom. The Balaban J connectivity index is 2.86. The van der Waals surface area contributed by atoms with Crippen molar-refractivity contribution in [3.05, 3.63) is 23.3 Å². The number of carbonyl (C=O) groups excluding carboxylic acids is 1. The first kappa shape index (κ1) is 12.1. The summed E-state index contributed by atoms with van der Waals surface area (Å²) in [4.78, 5) is 11.5. The van der Waals surface area contributed by atoms with Crippen molar-refractivity contribution < 1.29 is 14.3 Å². The highest BCUT2D eigenvalue weighted by Gasteiger charge is 2.13. The molecule has 16 heavy (non-hydrogen) atoms. The summed E-state index contributed by atoms with van der Waals surface area (Å²) in [5, 5.41) is 6.40. The summed E-state index contributed by atoms with van der Waals surface area (Å²) in [6.07, 6.45) is 2.89. The molecule has 0 aliphatic heterocycles. The average Bonchev–Trinajstić information content (AvgIpc) is 2.66. The van der Waals surface area contributed by atoms with Gasteiger partial charge in [0, 0.05) is 6.08 Å². The Morgan fingerprint density at radius 3 is 2.81 bits per heavy atom. The molecule has 0 spiro atoms. The molecule has 0 saturated carbocycles. The summed E-state index contributed by atoms with van der Waals surface area (Å²) in [6.45, 7) is 4.33. The van der Waals surface area contributed by atoms with E-state index >= 15 is 0 Å². The summed E-state index contributed by atoms with van der Waals surface area (Å²) in [5.41, 5.74) is 6.37. The SMILES string of the molecule is CCOC(=O)c1cn[nH]c1C=C(N)OCC. The lowest BCUT2D eigenvalue weighted by molar-refractivity contribution is 0.0526. The molecule has 0 atom stereocenters. The van der Waals surface area contributed by atoms with Gasteiger partial charge in [0.05, 0.1) is 25.1 Å². The normalized spacial score (nSPS) is 11.2. The largest absolute Gasteiger partial charge is 0.480 e. The van der Waals surface area contributed by atoms with Crippen LogP contribution in [0.2, 0.25) is 0 Å². The molecule has 1 aromatic heterocycles. The zero-order valence-corrected chi connectivity index (χ0v) is 9.32. The zero-order valence-electron chi connectivity index (χ0n) is 9.32.